The number of H-pyrrole nitrogens is 2. The number of pyridine rings is 2. The molecule has 4 heterocycles. The maximum atomic E-state index is 14.7. The number of hydrogen-bond donors (Lipinski definition) is 3. The van der Waals surface area contributed by atoms with Crippen molar-refractivity contribution in [1.29, 1.82) is 0 Å². The van der Waals surface area contributed by atoms with Crippen molar-refractivity contribution in [3.8, 4) is 39.5 Å². The van der Waals surface area contributed by atoms with E-state index < -0.39 is 0 Å². The van der Waals surface area contributed by atoms with Crippen LogP contribution in [0.1, 0.15) is 12.8 Å². The molecular weight excluding hydrogens is 545 g/mol. The zero-order chi connectivity index (χ0) is 29.5. The second kappa shape index (κ2) is 11.0. The van der Waals surface area contributed by atoms with Gasteiger partial charge < -0.3 is 19.9 Å². The van der Waals surface area contributed by atoms with E-state index in [0.29, 0.717) is 34.9 Å². The minimum absolute atomic E-state index is 0.0315. The van der Waals surface area contributed by atoms with Gasteiger partial charge >= 0.3 is 0 Å². The zero-order valence-electron chi connectivity index (χ0n) is 23.8. The first kappa shape index (κ1) is 26.8. The first-order chi connectivity index (χ1) is 20.9. The lowest BCUT2D eigenvalue weighted by molar-refractivity contribution is -0.117. The van der Waals surface area contributed by atoms with Crippen LogP contribution in [0.2, 0.25) is 0 Å². The molecule has 1 aliphatic carbocycles. The number of amides is 1. The van der Waals surface area contributed by atoms with Gasteiger partial charge in [0.1, 0.15) is 29.4 Å². The number of ether oxygens (including phenoxy) is 1. The summed E-state index contributed by atoms with van der Waals surface area (Å²) in [5, 5.41) is 11.5. The number of hydrogen-bond acceptors (Lipinski definition) is 6. The number of halogens is 1. The summed E-state index contributed by atoms with van der Waals surface area (Å²) in [6.07, 6.45) is 5.24. The van der Waals surface area contributed by atoms with E-state index in [0.717, 1.165) is 58.2 Å². The molecule has 4 aromatic heterocycles. The summed E-state index contributed by atoms with van der Waals surface area (Å²) in [5.74, 6) is 0.271. The predicted molar refractivity (Wildman–Crippen MR) is 165 cm³/mol. The normalized spacial score (nSPS) is 13.2. The van der Waals surface area contributed by atoms with Gasteiger partial charge in [0.15, 0.2) is 0 Å². The molecule has 7 rings (SSSR count). The average Bonchev–Trinajstić information content (AvgIpc) is 3.62. The fourth-order valence-electron chi connectivity index (χ4n) is 5.17. The number of nitrogens with zero attached hydrogens (tertiary/aromatic N) is 4. The van der Waals surface area contributed by atoms with Gasteiger partial charge in [0, 0.05) is 41.2 Å². The van der Waals surface area contributed by atoms with Crippen LogP contribution in [0.25, 0.3) is 55.7 Å². The van der Waals surface area contributed by atoms with Gasteiger partial charge in [-0.1, -0.05) is 12.1 Å². The number of aromatic amines is 2. The first-order valence-corrected chi connectivity index (χ1v) is 14.2. The largest absolute Gasteiger partial charge is 0.492 e. The molecule has 10 heteroatoms. The lowest BCUT2D eigenvalue weighted by Crippen LogP contribution is -2.19. The third-order valence-corrected chi connectivity index (χ3v) is 7.57. The molecule has 0 aliphatic heterocycles. The standard InChI is InChI=1S/C33H30FN7O2/c1-41(2)10-11-43-24-14-20(12-22(34)15-24)25-4-3-5-28-26(25)16-30(37-28)32-31-29(39-40-32)9-8-27(38-31)21-13-23(18-35-17-21)36-33(42)19-6-7-19/h3-5,8-9,12-19,37H,6-7,10-11H2,1-2H3,(H,36,42)(H,39,40). The van der Waals surface area contributed by atoms with E-state index in [4.69, 9.17) is 9.72 Å². The highest BCUT2D eigenvalue weighted by molar-refractivity contribution is 6.01. The highest BCUT2D eigenvalue weighted by Crippen LogP contribution is 2.36. The minimum atomic E-state index is -0.356. The SMILES string of the molecule is CN(C)CCOc1cc(F)cc(-c2cccc3[nH]c(-c4n[nH]c5ccc(-c6cncc(NC(=O)C7CC7)c6)nc45)cc23)c1. The number of aromatic nitrogens is 5. The Morgan fingerprint density at radius 2 is 1.93 bits per heavy atom. The van der Waals surface area contributed by atoms with Gasteiger partial charge in [-0.15, -0.1) is 0 Å². The van der Waals surface area contributed by atoms with E-state index in [1.165, 1.54) is 12.1 Å². The molecule has 0 bridgehead atoms. The van der Waals surface area contributed by atoms with Gasteiger partial charge in [0.25, 0.3) is 0 Å². The summed E-state index contributed by atoms with van der Waals surface area (Å²) in [6.45, 7) is 1.19. The minimum Gasteiger partial charge on any atom is -0.492 e. The predicted octanol–water partition coefficient (Wildman–Crippen LogP) is 6.26. The van der Waals surface area contributed by atoms with Crippen LogP contribution in [0.4, 0.5) is 10.1 Å². The summed E-state index contributed by atoms with van der Waals surface area (Å²) in [5.41, 5.74) is 7.57. The summed E-state index contributed by atoms with van der Waals surface area (Å²) in [7, 11) is 3.94. The number of likely N-dealkylation sites (N-methyl/N-ethyl adjacent to an activating group) is 1. The average molecular weight is 576 g/mol. The number of anilines is 1. The lowest BCUT2D eigenvalue weighted by Gasteiger charge is -2.12. The summed E-state index contributed by atoms with van der Waals surface area (Å²) in [6, 6.07) is 18.4. The molecule has 3 N–H and O–H groups in total. The lowest BCUT2D eigenvalue weighted by atomic mass is 10.0. The number of nitrogens with one attached hydrogen (secondary N) is 3. The Morgan fingerprint density at radius 1 is 1.05 bits per heavy atom. The van der Waals surface area contributed by atoms with Crippen molar-refractivity contribution in [2.45, 2.75) is 12.8 Å². The topological polar surface area (TPSA) is 112 Å². The van der Waals surface area contributed by atoms with Gasteiger partial charge in [-0.2, -0.15) is 5.10 Å². The van der Waals surface area contributed by atoms with Crippen LogP contribution >= 0.6 is 0 Å². The van der Waals surface area contributed by atoms with E-state index in [1.54, 1.807) is 12.4 Å². The Balaban J connectivity index is 1.23. The van der Waals surface area contributed by atoms with E-state index in [-0.39, 0.29) is 17.6 Å². The van der Waals surface area contributed by atoms with Gasteiger partial charge in [-0.3, -0.25) is 14.9 Å². The molecule has 0 spiro atoms. The molecule has 0 unspecified atom stereocenters. The number of benzene rings is 2. The van der Waals surface area contributed by atoms with Crippen molar-refractivity contribution < 1.29 is 13.9 Å². The van der Waals surface area contributed by atoms with E-state index >= 15 is 0 Å². The fraction of sp³-hybridized carbons (Fsp3) is 0.212. The van der Waals surface area contributed by atoms with Gasteiger partial charge in [0.2, 0.25) is 5.91 Å². The van der Waals surface area contributed by atoms with Crippen LogP contribution in [0.5, 0.6) is 5.75 Å². The van der Waals surface area contributed by atoms with E-state index in [1.807, 2.05) is 67.5 Å². The van der Waals surface area contributed by atoms with Crippen molar-refractivity contribution in [2.75, 3.05) is 32.6 Å². The fourth-order valence-corrected chi connectivity index (χ4v) is 5.17. The molecule has 43 heavy (non-hydrogen) atoms. The van der Waals surface area contributed by atoms with Crippen LogP contribution in [0, 0.1) is 11.7 Å². The van der Waals surface area contributed by atoms with Crippen molar-refractivity contribution in [1.82, 2.24) is 30.0 Å². The highest BCUT2D eigenvalue weighted by atomic mass is 19.1. The first-order valence-electron chi connectivity index (χ1n) is 14.2. The number of carbonyl (C=O) groups is 1. The molecule has 6 aromatic rings. The Morgan fingerprint density at radius 3 is 2.77 bits per heavy atom. The Bertz CT molecular complexity index is 1980. The third-order valence-electron chi connectivity index (χ3n) is 7.57. The van der Waals surface area contributed by atoms with E-state index in [9.17, 15) is 9.18 Å². The van der Waals surface area contributed by atoms with Crippen molar-refractivity contribution in [2.24, 2.45) is 5.92 Å². The maximum Gasteiger partial charge on any atom is 0.227 e. The highest BCUT2D eigenvalue weighted by Gasteiger charge is 2.29. The second-order valence-electron chi connectivity index (χ2n) is 11.2. The Labute approximate surface area is 247 Å². The molecule has 1 saturated carbocycles. The maximum absolute atomic E-state index is 14.7. The Hall–Kier alpha value is -5.09. The summed E-state index contributed by atoms with van der Waals surface area (Å²) >= 11 is 0. The quantitative estimate of drug-likeness (QED) is 0.188. The van der Waals surface area contributed by atoms with Crippen molar-refractivity contribution in [3.05, 3.63) is 78.9 Å². The number of fused-ring (bicyclic) bond motifs is 2. The molecule has 1 aliphatic rings. The second-order valence-corrected chi connectivity index (χ2v) is 11.2. The molecule has 216 valence electrons. The van der Waals surface area contributed by atoms with Crippen LogP contribution < -0.4 is 10.1 Å². The van der Waals surface area contributed by atoms with Crippen LogP contribution in [0.15, 0.2) is 73.1 Å². The molecule has 0 radical (unpaired) electrons. The van der Waals surface area contributed by atoms with Crippen LogP contribution in [-0.2, 0) is 4.79 Å². The monoisotopic (exact) mass is 575 g/mol. The van der Waals surface area contributed by atoms with E-state index in [2.05, 4.69) is 25.5 Å². The summed E-state index contributed by atoms with van der Waals surface area (Å²) in [4.78, 5) is 27.0. The molecule has 2 aromatic carbocycles. The number of carbonyl (C=O) groups excluding carboxylic acids is 1. The molecule has 0 atom stereocenters. The molecule has 9 nitrogen and oxygen atoms in total. The number of rotatable bonds is 9. The third kappa shape index (κ3) is 5.56. The molecule has 1 fully saturated rings. The molecule has 0 saturated heterocycles. The van der Waals surface area contributed by atoms with Gasteiger partial charge in [0.05, 0.1) is 28.8 Å². The van der Waals surface area contributed by atoms with Crippen LogP contribution in [0.3, 0.4) is 0 Å². The van der Waals surface area contributed by atoms with Crippen LogP contribution in [-0.4, -0.2) is 63.2 Å². The van der Waals surface area contributed by atoms with Crippen molar-refractivity contribution in [3.63, 3.8) is 0 Å². The van der Waals surface area contributed by atoms with Gasteiger partial charge in [-0.25, -0.2) is 9.37 Å². The summed E-state index contributed by atoms with van der Waals surface area (Å²) < 4.78 is 20.5. The van der Waals surface area contributed by atoms with Crippen molar-refractivity contribution >= 4 is 33.5 Å². The zero-order valence-corrected chi connectivity index (χ0v) is 23.8. The smallest absolute Gasteiger partial charge is 0.227 e. The van der Waals surface area contributed by atoms with Gasteiger partial charge in [-0.05, 0) is 80.5 Å². The molecule has 1 amide bonds. The Kier molecular flexibility index (Phi) is 6.83. The molecular formula is C33H30FN7O2.